The lowest BCUT2D eigenvalue weighted by atomic mass is 9.79. The van der Waals surface area contributed by atoms with Crippen LogP contribution in [0, 0.1) is 5.41 Å². The van der Waals surface area contributed by atoms with Crippen LogP contribution >= 0.6 is 11.8 Å². The second kappa shape index (κ2) is 8.13. The molecule has 5 nitrogen and oxygen atoms in total. The van der Waals surface area contributed by atoms with Crippen molar-refractivity contribution >= 4 is 23.6 Å². The van der Waals surface area contributed by atoms with Gasteiger partial charge in [0, 0.05) is 55.2 Å². The number of carbonyl (C=O) groups excluding carboxylic acids is 1. The molecule has 2 aliphatic heterocycles. The molecule has 2 heterocycles. The summed E-state index contributed by atoms with van der Waals surface area (Å²) in [6.07, 6.45) is 2.89. The van der Waals surface area contributed by atoms with E-state index in [0.29, 0.717) is 11.7 Å². The fraction of sp³-hybridized carbons (Fsp3) is 0.579. The minimum atomic E-state index is 0.0946. The first-order valence-electron chi connectivity index (χ1n) is 9.04. The second-order valence-corrected chi connectivity index (χ2v) is 8.66. The van der Waals surface area contributed by atoms with Crippen molar-refractivity contribution in [2.24, 2.45) is 10.4 Å². The van der Waals surface area contributed by atoms with E-state index >= 15 is 0 Å². The first kappa shape index (κ1) is 18.1. The number of hydrogen-bond acceptors (Lipinski definition) is 3. The van der Waals surface area contributed by atoms with Crippen LogP contribution in [0.3, 0.4) is 0 Å². The van der Waals surface area contributed by atoms with Gasteiger partial charge in [0.1, 0.15) is 0 Å². The van der Waals surface area contributed by atoms with Gasteiger partial charge in [0.2, 0.25) is 5.91 Å². The zero-order chi connectivity index (χ0) is 17.7. The predicted octanol–water partition coefficient (Wildman–Crippen LogP) is 2.34. The normalized spacial score (nSPS) is 25.1. The van der Waals surface area contributed by atoms with Crippen LogP contribution in [0.2, 0.25) is 0 Å². The van der Waals surface area contributed by atoms with E-state index in [1.165, 1.54) is 4.90 Å². The molecule has 2 fully saturated rings. The van der Waals surface area contributed by atoms with Crippen LogP contribution in [0.4, 0.5) is 0 Å². The number of nitrogens with zero attached hydrogens (tertiary/aromatic N) is 2. The molecule has 1 aromatic rings. The molecule has 6 heteroatoms. The van der Waals surface area contributed by atoms with Crippen molar-refractivity contribution in [3.05, 3.63) is 30.3 Å². The van der Waals surface area contributed by atoms with Crippen LogP contribution in [-0.2, 0) is 4.79 Å². The maximum Gasteiger partial charge on any atom is 0.220 e. The van der Waals surface area contributed by atoms with Crippen molar-refractivity contribution in [2.45, 2.75) is 36.3 Å². The lowest BCUT2D eigenvalue weighted by molar-refractivity contribution is -0.119. The highest BCUT2D eigenvalue weighted by Crippen LogP contribution is 2.36. The van der Waals surface area contributed by atoms with Gasteiger partial charge in [-0.05, 0) is 25.0 Å². The van der Waals surface area contributed by atoms with E-state index in [9.17, 15) is 4.79 Å². The van der Waals surface area contributed by atoms with Crippen LogP contribution in [0.1, 0.15) is 26.2 Å². The molecule has 136 valence electrons. The second-order valence-electron chi connectivity index (χ2n) is 7.15. The Morgan fingerprint density at radius 2 is 2.24 bits per heavy atom. The van der Waals surface area contributed by atoms with E-state index in [4.69, 9.17) is 0 Å². The fourth-order valence-corrected chi connectivity index (χ4v) is 4.71. The van der Waals surface area contributed by atoms with Crippen LogP contribution < -0.4 is 10.6 Å². The van der Waals surface area contributed by atoms with Gasteiger partial charge in [0.05, 0.1) is 0 Å². The average Bonchev–Trinajstić information content (AvgIpc) is 2.96. The topological polar surface area (TPSA) is 56.7 Å². The Hall–Kier alpha value is -1.69. The van der Waals surface area contributed by atoms with Crippen LogP contribution in [0.5, 0.6) is 0 Å². The van der Waals surface area contributed by atoms with Gasteiger partial charge in [-0.15, -0.1) is 11.8 Å². The number of guanidine groups is 1. The molecule has 1 amide bonds. The summed E-state index contributed by atoms with van der Waals surface area (Å²) in [6.45, 7) is 5.82. The Labute approximate surface area is 154 Å². The van der Waals surface area contributed by atoms with E-state index in [2.05, 4.69) is 51.7 Å². The lowest BCUT2D eigenvalue weighted by Crippen LogP contribution is -2.52. The summed E-state index contributed by atoms with van der Waals surface area (Å²) in [5.41, 5.74) is 0.0946. The van der Waals surface area contributed by atoms with Crippen LogP contribution in [0.15, 0.2) is 40.2 Å². The molecule has 2 aliphatic rings. The van der Waals surface area contributed by atoms with Gasteiger partial charge in [-0.2, -0.15) is 0 Å². The van der Waals surface area contributed by atoms with Crippen molar-refractivity contribution in [2.75, 3.05) is 33.2 Å². The third kappa shape index (κ3) is 4.69. The number of piperidine rings is 1. The summed E-state index contributed by atoms with van der Waals surface area (Å²) < 4.78 is 0. The molecule has 25 heavy (non-hydrogen) atoms. The largest absolute Gasteiger partial charge is 0.355 e. The van der Waals surface area contributed by atoms with E-state index in [-0.39, 0.29) is 11.3 Å². The van der Waals surface area contributed by atoms with Crippen LogP contribution in [-0.4, -0.2) is 55.2 Å². The maximum atomic E-state index is 11.7. The van der Waals surface area contributed by atoms with Crippen molar-refractivity contribution in [1.29, 1.82) is 0 Å². The average molecular weight is 361 g/mol. The highest BCUT2D eigenvalue weighted by Gasteiger charge is 2.42. The summed E-state index contributed by atoms with van der Waals surface area (Å²) >= 11 is 1.87. The predicted molar refractivity (Wildman–Crippen MR) is 104 cm³/mol. The molecular weight excluding hydrogens is 332 g/mol. The minimum Gasteiger partial charge on any atom is -0.355 e. The number of carbonyl (C=O) groups is 1. The van der Waals surface area contributed by atoms with Gasteiger partial charge in [-0.3, -0.25) is 9.79 Å². The van der Waals surface area contributed by atoms with Crippen molar-refractivity contribution in [3.63, 3.8) is 0 Å². The molecule has 0 bridgehead atoms. The minimum absolute atomic E-state index is 0.0946. The Bertz CT molecular complexity index is 621. The number of aliphatic imine (C=N–C) groups is 1. The van der Waals surface area contributed by atoms with Gasteiger partial charge in [0.15, 0.2) is 5.96 Å². The number of amides is 1. The Kier molecular flexibility index (Phi) is 5.89. The summed E-state index contributed by atoms with van der Waals surface area (Å²) in [5.74, 6) is 1.15. The zero-order valence-electron chi connectivity index (χ0n) is 15.1. The van der Waals surface area contributed by atoms with E-state index in [0.717, 1.165) is 45.0 Å². The number of benzene rings is 1. The molecule has 2 atom stereocenters. The van der Waals surface area contributed by atoms with Gasteiger partial charge < -0.3 is 15.5 Å². The third-order valence-corrected chi connectivity index (χ3v) is 6.11. The van der Waals surface area contributed by atoms with Crippen molar-refractivity contribution in [3.8, 4) is 0 Å². The molecule has 3 rings (SSSR count). The first-order valence-corrected chi connectivity index (χ1v) is 9.92. The molecular formula is C19H28N4OS. The molecule has 1 aromatic carbocycles. The standard InChI is InChI=1S/C19H28N4OS/c1-15(25-16-7-4-3-5-8-16)12-21-18(20-2)23-10-6-9-19(14-23)11-17(24)22-13-19/h3-5,7-8,15H,6,9-14H2,1-2H3,(H,20,21)(H,22,24). The van der Waals surface area contributed by atoms with E-state index in [1.54, 1.807) is 0 Å². The molecule has 0 saturated carbocycles. The molecule has 2 saturated heterocycles. The number of rotatable bonds is 4. The Morgan fingerprint density at radius 1 is 1.44 bits per heavy atom. The van der Waals surface area contributed by atoms with Gasteiger partial charge in [-0.25, -0.2) is 0 Å². The monoisotopic (exact) mass is 360 g/mol. The number of likely N-dealkylation sites (tertiary alicyclic amines) is 1. The first-order chi connectivity index (χ1) is 12.1. The molecule has 2 unspecified atom stereocenters. The SMILES string of the molecule is CN=C(NCC(C)Sc1ccccc1)N1CCCC2(CNC(=O)C2)C1. The van der Waals surface area contributed by atoms with E-state index < -0.39 is 0 Å². The fourth-order valence-electron chi connectivity index (χ4n) is 3.77. The molecule has 1 spiro atoms. The van der Waals surface area contributed by atoms with Crippen molar-refractivity contribution < 1.29 is 4.79 Å². The molecule has 2 N–H and O–H groups in total. The summed E-state index contributed by atoms with van der Waals surface area (Å²) in [5, 5.41) is 6.98. The zero-order valence-corrected chi connectivity index (χ0v) is 15.9. The maximum absolute atomic E-state index is 11.7. The summed E-state index contributed by atoms with van der Waals surface area (Å²) in [6, 6.07) is 10.5. The quantitative estimate of drug-likeness (QED) is 0.492. The Morgan fingerprint density at radius 3 is 2.92 bits per heavy atom. The van der Waals surface area contributed by atoms with Gasteiger partial charge in [-0.1, -0.05) is 25.1 Å². The molecule has 0 aliphatic carbocycles. The van der Waals surface area contributed by atoms with Crippen molar-refractivity contribution in [1.82, 2.24) is 15.5 Å². The Balaban J connectivity index is 1.53. The van der Waals surface area contributed by atoms with Gasteiger partial charge >= 0.3 is 0 Å². The lowest BCUT2D eigenvalue weighted by Gasteiger charge is -2.41. The van der Waals surface area contributed by atoms with Gasteiger partial charge in [0.25, 0.3) is 0 Å². The highest BCUT2D eigenvalue weighted by molar-refractivity contribution is 8.00. The highest BCUT2D eigenvalue weighted by atomic mass is 32.2. The number of thioether (sulfide) groups is 1. The third-order valence-electron chi connectivity index (χ3n) is 5.00. The molecule has 0 radical (unpaired) electrons. The summed E-state index contributed by atoms with van der Waals surface area (Å²) in [4.78, 5) is 19.8. The number of nitrogens with one attached hydrogen (secondary N) is 2. The number of hydrogen-bond donors (Lipinski definition) is 2. The van der Waals surface area contributed by atoms with E-state index in [1.807, 2.05) is 24.9 Å². The summed E-state index contributed by atoms with van der Waals surface area (Å²) in [7, 11) is 1.84. The van der Waals surface area contributed by atoms with Crippen LogP contribution in [0.25, 0.3) is 0 Å². The molecule has 0 aromatic heterocycles. The smallest absolute Gasteiger partial charge is 0.220 e.